The van der Waals surface area contributed by atoms with E-state index in [0.29, 0.717) is 53.6 Å². The molecule has 2 aromatic rings. The highest BCUT2D eigenvalue weighted by atomic mass is 35.5. The van der Waals surface area contributed by atoms with E-state index in [0.717, 1.165) is 31.4 Å². The van der Waals surface area contributed by atoms with Crippen LogP contribution in [-0.2, 0) is 29.2 Å². The van der Waals surface area contributed by atoms with Crippen molar-refractivity contribution in [1.29, 1.82) is 0 Å². The third kappa shape index (κ3) is 5.20. The van der Waals surface area contributed by atoms with Gasteiger partial charge < -0.3 is 24.2 Å². The molecule has 0 aliphatic carbocycles. The lowest BCUT2D eigenvalue weighted by Crippen LogP contribution is -2.55. The number of benzene rings is 1. The van der Waals surface area contributed by atoms with Crippen molar-refractivity contribution >= 4 is 41.2 Å². The third-order valence-electron chi connectivity index (χ3n) is 7.51. The lowest BCUT2D eigenvalue weighted by molar-refractivity contribution is -0.145. The highest BCUT2D eigenvalue weighted by molar-refractivity contribution is 6.34. The zero-order chi connectivity index (χ0) is 25.4. The number of rotatable bonds is 4. The van der Waals surface area contributed by atoms with E-state index in [9.17, 15) is 19.5 Å². The molecule has 2 saturated heterocycles. The number of ether oxygens (including phenoxy) is 1. The predicted octanol–water partition coefficient (Wildman–Crippen LogP) is 5.20. The number of carbonyl (C=O) groups excluding carboxylic acids is 2. The summed E-state index contributed by atoms with van der Waals surface area (Å²) < 4.78 is 7.55. The van der Waals surface area contributed by atoms with Gasteiger partial charge in [-0.15, -0.1) is 0 Å². The van der Waals surface area contributed by atoms with Crippen molar-refractivity contribution in [2.45, 2.75) is 70.3 Å². The van der Waals surface area contributed by atoms with E-state index in [2.05, 4.69) is 0 Å². The molecule has 4 heterocycles. The fourth-order valence-corrected chi connectivity index (χ4v) is 6.44. The molecule has 0 saturated carbocycles. The fourth-order valence-electron chi connectivity index (χ4n) is 5.87. The smallest absolute Gasteiger partial charge is 0.410 e. The monoisotopic (exact) mass is 533 g/mol. The van der Waals surface area contributed by atoms with Gasteiger partial charge in [0.1, 0.15) is 6.61 Å². The number of hydrogen-bond acceptors (Lipinski definition) is 4. The molecular weight excluding hydrogens is 505 g/mol. The molecule has 1 N–H and O–H groups in total. The van der Waals surface area contributed by atoms with Crippen LogP contribution in [0, 0.1) is 5.92 Å². The highest BCUT2D eigenvalue weighted by Gasteiger charge is 2.43. The van der Waals surface area contributed by atoms with E-state index < -0.39 is 12.1 Å². The minimum Gasteiger partial charge on any atom is -0.481 e. The van der Waals surface area contributed by atoms with Crippen molar-refractivity contribution in [2.24, 2.45) is 5.92 Å². The number of carbonyl (C=O) groups is 3. The SMILES string of the molecule is O=C(O)C1CC2CCCC(C1)N2C(=O)c1cc2n(c1)CCCN(C(=O)OCc1cc(Cl)cc(Cl)c1)C2. The first-order valence-electron chi connectivity index (χ1n) is 12.4. The number of aliphatic carboxylic acids is 1. The van der Waals surface area contributed by atoms with Gasteiger partial charge >= 0.3 is 12.1 Å². The van der Waals surface area contributed by atoms with Gasteiger partial charge in [-0.1, -0.05) is 23.2 Å². The average Bonchev–Trinajstić information content (AvgIpc) is 3.11. The van der Waals surface area contributed by atoms with Crippen molar-refractivity contribution in [1.82, 2.24) is 14.4 Å². The van der Waals surface area contributed by atoms with Gasteiger partial charge in [0.2, 0.25) is 0 Å². The molecule has 10 heteroatoms. The Morgan fingerprint density at radius 3 is 2.33 bits per heavy atom. The second-order valence-corrected chi connectivity index (χ2v) is 10.9. The summed E-state index contributed by atoms with van der Waals surface area (Å²) in [6.07, 6.45) is 5.93. The molecule has 2 amide bonds. The van der Waals surface area contributed by atoms with E-state index in [1.165, 1.54) is 0 Å². The van der Waals surface area contributed by atoms with Gasteiger partial charge in [0, 0.05) is 47.1 Å². The second kappa shape index (κ2) is 10.3. The number of aromatic nitrogens is 1. The number of hydrogen-bond donors (Lipinski definition) is 1. The molecule has 2 fully saturated rings. The van der Waals surface area contributed by atoms with Crippen LogP contribution in [0.2, 0.25) is 10.0 Å². The number of piperidine rings is 2. The largest absolute Gasteiger partial charge is 0.481 e. The number of carboxylic acid groups (broad SMARTS) is 1. The van der Waals surface area contributed by atoms with E-state index in [1.807, 2.05) is 21.7 Å². The summed E-state index contributed by atoms with van der Waals surface area (Å²) in [5, 5.41) is 10.5. The highest BCUT2D eigenvalue weighted by Crippen LogP contribution is 2.38. The molecule has 3 aliphatic heterocycles. The summed E-state index contributed by atoms with van der Waals surface area (Å²) in [5.41, 5.74) is 2.19. The summed E-state index contributed by atoms with van der Waals surface area (Å²) >= 11 is 12.1. The average molecular weight is 534 g/mol. The van der Waals surface area contributed by atoms with E-state index >= 15 is 0 Å². The minimum absolute atomic E-state index is 0.0303. The molecule has 192 valence electrons. The van der Waals surface area contributed by atoms with Crippen molar-refractivity contribution < 1.29 is 24.2 Å². The maximum atomic E-state index is 13.6. The first-order valence-corrected chi connectivity index (χ1v) is 13.2. The molecule has 5 rings (SSSR count). The molecule has 0 spiro atoms. The maximum absolute atomic E-state index is 13.6. The summed E-state index contributed by atoms with van der Waals surface area (Å²) in [6.45, 7) is 1.66. The van der Waals surface area contributed by atoms with Gasteiger partial charge in [-0.3, -0.25) is 9.59 Å². The number of fused-ring (bicyclic) bond motifs is 3. The molecule has 0 radical (unpaired) electrons. The van der Waals surface area contributed by atoms with Gasteiger partial charge in [0.15, 0.2) is 0 Å². The lowest BCUT2D eigenvalue weighted by atomic mass is 9.78. The van der Waals surface area contributed by atoms with Gasteiger partial charge in [-0.05, 0) is 68.4 Å². The van der Waals surface area contributed by atoms with E-state index in [-0.39, 0.29) is 30.5 Å². The molecule has 2 unspecified atom stereocenters. The van der Waals surface area contributed by atoms with Crippen LogP contribution >= 0.6 is 23.2 Å². The Bertz CT molecular complexity index is 1150. The summed E-state index contributed by atoms with van der Waals surface area (Å²) in [6, 6.07) is 6.85. The molecule has 1 aromatic heterocycles. The van der Waals surface area contributed by atoms with Crippen LogP contribution in [0.1, 0.15) is 60.1 Å². The van der Waals surface area contributed by atoms with Crippen LogP contribution in [-0.4, -0.2) is 56.1 Å². The fraction of sp³-hybridized carbons (Fsp3) is 0.500. The topological polar surface area (TPSA) is 92.1 Å². The third-order valence-corrected chi connectivity index (χ3v) is 7.95. The van der Waals surface area contributed by atoms with Gasteiger partial charge in [-0.25, -0.2) is 4.79 Å². The Hall–Kier alpha value is -2.71. The standard InChI is InChI=1S/C26H29Cl2N3O5/c27-19-7-16(8-20(28)12-19)15-36-26(35)30-6-2-5-29-13-18(11-23(29)14-30)24(32)31-21-3-1-4-22(31)10-17(9-21)25(33)34/h7-8,11-13,17,21-22H,1-6,9-10,14-15H2,(H,33,34). The Balaban J connectivity index is 1.26. The van der Waals surface area contributed by atoms with Crippen molar-refractivity contribution in [2.75, 3.05) is 6.54 Å². The predicted molar refractivity (Wildman–Crippen MR) is 134 cm³/mol. The number of halogens is 2. The molecule has 1 aromatic carbocycles. The second-order valence-electron chi connectivity index (χ2n) is 9.98. The van der Waals surface area contributed by atoms with Crippen molar-refractivity contribution in [3.63, 3.8) is 0 Å². The first kappa shape index (κ1) is 25.0. The molecule has 2 atom stereocenters. The van der Waals surface area contributed by atoms with E-state index in [4.69, 9.17) is 27.9 Å². The number of nitrogens with zero attached hydrogens (tertiary/aromatic N) is 3. The van der Waals surface area contributed by atoms with Crippen LogP contribution in [0.3, 0.4) is 0 Å². The molecule has 8 nitrogen and oxygen atoms in total. The molecule has 2 bridgehead atoms. The zero-order valence-electron chi connectivity index (χ0n) is 19.9. The van der Waals surface area contributed by atoms with Gasteiger partial charge in [0.25, 0.3) is 5.91 Å². The summed E-state index contributed by atoms with van der Waals surface area (Å²) in [5.74, 6) is -1.18. The summed E-state index contributed by atoms with van der Waals surface area (Å²) in [7, 11) is 0. The first-order chi connectivity index (χ1) is 17.3. The van der Waals surface area contributed by atoms with Crippen LogP contribution in [0.5, 0.6) is 0 Å². The molecular formula is C26H29Cl2N3O5. The van der Waals surface area contributed by atoms with Crippen LogP contribution in [0.15, 0.2) is 30.5 Å². The zero-order valence-corrected chi connectivity index (χ0v) is 21.4. The Morgan fingerprint density at radius 1 is 0.972 bits per heavy atom. The molecule has 3 aliphatic rings. The lowest BCUT2D eigenvalue weighted by Gasteiger charge is -2.48. The van der Waals surface area contributed by atoms with Gasteiger partial charge in [-0.2, -0.15) is 0 Å². The van der Waals surface area contributed by atoms with Crippen molar-refractivity contribution in [3.05, 3.63) is 57.3 Å². The maximum Gasteiger partial charge on any atom is 0.410 e. The molecule has 36 heavy (non-hydrogen) atoms. The number of amides is 2. The summed E-state index contributed by atoms with van der Waals surface area (Å²) in [4.78, 5) is 41.5. The van der Waals surface area contributed by atoms with Crippen LogP contribution < -0.4 is 0 Å². The normalized spacial score (nSPS) is 23.6. The number of aryl methyl sites for hydroxylation is 1. The van der Waals surface area contributed by atoms with Crippen LogP contribution in [0.4, 0.5) is 4.79 Å². The van der Waals surface area contributed by atoms with Crippen molar-refractivity contribution in [3.8, 4) is 0 Å². The van der Waals surface area contributed by atoms with Gasteiger partial charge in [0.05, 0.1) is 18.0 Å². The Labute approximate surface area is 219 Å². The Morgan fingerprint density at radius 2 is 1.67 bits per heavy atom. The van der Waals surface area contributed by atoms with Crippen LogP contribution in [0.25, 0.3) is 0 Å². The quantitative estimate of drug-likeness (QED) is 0.583. The number of carboxylic acids is 1. The minimum atomic E-state index is -0.764. The Kier molecular flexibility index (Phi) is 7.17. The van der Waals surface area contributed by atoms with E-state index in [1.54, 1.807) is 23.1 Å².